The zero-order chi connectivity index (χ0) is 19.5. The van der Waals surface area contributed by atoms with Crippen LogP contribution >= 0.6 is 0 Å². The third-order valence-electron chi connectivity index (χ3n) is 9.01. The first kappa shape index (κ1) is 21.8. The Bertz CT molecular complexity index is 487. The molecule has 152 valence electrons. The first-order chi connectivity index (χ1) is 12.4. The normalized spacial score (nSPS) is 45.3. The molecule has 3 saturated carbocycles. The van der Waals surface area contributed by atoms with Gasteiger partial charge in [0.2, 0.25) is 0 Å². The van der Waals surface area contributed by atoms with Crippen LogP contribution in [-0.4, -0.2) is 10.9 Å². The van der Waals surface area contributed by atoms with E-state index in [0.717, 1.165) is 29.4 Å². The maximum atomic E-state index is 9.34. The summed E-state index contributed by atoms with van der Waals surface area (Å²) in [6.07, 6.45) is 12.3. The molecule has 3 rings (SSSR count). The van der Waals surface area contributed by atoms with E-state index in [2.05, 4.69) is 32.9 Å². The Morgan fingerprint density at radius 3 is 2.27 bits per heavy atom. The van der Waals surface area contributed by atoms with Crippen molar-refractivity contribution >= 4 is 5.71 Å². The van der Waals surface area contributed by atoms with E-state index in [0.29, 0.717) is 16.7 Å². The number of hydrogen-bond acceptors (Lipinski definition) is 2. The molecule has 0 radical (unpaired) electrons. The number of oxime groups is 1. The van der Waals surface area contributed by atoms with Gasteiger partial charge in [0.05, 0.1) is 5.71 Å². The SMILES string of the molecule is CC.CCCC1(C)C(CC)CCC2C1CCC1(C)C(/C(C)=N/O)CCC21. The molecule has 0 saturated heterocycles. The van der Waals surface area contributed by atoms with Gasteiger partial charge in [0.25, 0.3) is 0 Å². The van der Waals surface area contributed by atoms with Gasteiger partial charge in [-0.25, -0.2) is 0 Å². The highest BCUT2D eigenvalue weighted by Crippen LogP contribution is 2.66. The van der Waals surface area contributed by atoms with E-state index in [1.54, 1.807) is 0 Å². The van der Waals surface area contributed by atoms with Crippen molar-refractivity contribution in [2.45, 2.75) is 106 Å². The summed E-state index contributed by atoms with van der Waals surface area (Å²) in [4.78, 5) is 0. The van der Waals surface area contributed by atoms with Gasteiger partial charge in [-0.2, -0.15) is 0 Å². The Morgan fingerprint density at radius 1 is 1.00 bits per heavy atom. The predicted octanol–water partition coefficient (Wildman–Crippen LogP) is 7.55. The number of nitrogens with zero attached hydrogens (tertiary/aromatic N) is 1. The van der Waals surface area contributed by atoms with Crippen LogP contribution in [0.15, 0.2) is 5.16 Å². The maximum Gasteiger partial charge on any atom is 0.0576 e. The van der Waals surface area contributed by atoms with E-state index in [1.807, 2.05) is 20.8 Å². The van der Waals surface area contributed by atoms with Crippen molar-refractivity contribution in [2.75, 3.05) is 0 Å². The minimum atomic E-state index is 0.379. The summed E-state index contributed by atoms with van der Waals surface area (Å²) in [6.45, 7) is 16.0. The first-order valence-corrected chi connectivity index (χ1v) is 11.6. The van der Waals surface area contributed by atoms with E-state index < -0.39 is 0 Å². The van der Waals surface area contributed by atoms with Crippen molar-refractivity contribution in [3.8, 4) is 0 Å². The molecular formula is C24H45NO. The van der Waals surface area contributed by atoms with Crippen LogP contribution in [0.5, 0.6) is 0 Å². The van der Waals surface area contributed by atoms with Crippen LogP contribution in [0.2, 0.25) is 0 Å². The van der Waals surface area contributed by atoms with Gasteiger partial charge >= 0.3 is 0 Å². The van der Waals surface area contributed by atoms with Crippen LogP contribution in [0.3, 0.4) is 0 Å². The van der Waals surface area contributed by atoms with Gasteiger partial charge < -0.3 is 5.21 Å². The molecule has 3 fully saturated rings. The lowest BCUT2D eigenvalue weighted by Crippen LogP contribution is -2.52. The van der Waals surface area contributed by atoms with Crippen LogP contribution in [0.4, 0.5) is 0 Å². The van der Waals surface area contributed by atoms with Crippen LogP contribution in [0.1, 0.15) is 106 Å². The average Bonchev–Trinajstić information content (AvgIpc) is 3.00. The fourth-order valence-electron chi connectivity index (χ4n) is 7.89. The van der Waals surface area contributed by atoms with Gasteiger partial charge in [-0.05, 0) is 86.4 Å². The fraction of sp³-hybridized carbons (Fsp3) is 0.958. The second kappa shape index (κ2) is 8.65. The van der Waals surface area contributed by atoms with Crippen molar-refractivity contribution in [1.82, 2.24) is 0 Å². The lowest BCUT2D eigenvalue weighted by Gasteiger charge is -2.59. The van der Waals surface area contributed by atoms with Gasteiger partial charge in [0, 0.05) is 5.92 Å². The molecule has 7 atom stereocenters. The van der Waals surface area contributed by atoms with E-state index >= 15 is 0 Å². The molecule has 0 aromatic heterocycles. The zero-order valence-corrected chi connectivity index (χ0v) is 18.6. The van der Waals surface area contributed by atoms with Gasteiger partial charge in [-0.15, -0.1) is 0 Å². The topological polar surface area (TPSA) is 32.6 Å². The molecule has 0 aromatic rings. The molecule has 3 aliphatic carbocycles. The van der Waals surface area contributed by atoms with Crippen LogP contribution in [0.25, 0.3) is 0 Å². The van der Waals surface area contributed by atoms with Gasteiger partial charge in [0.15, 0.2) is 0 Å². The highest BCUT2D eigenvalue weighted by atomic mass is 16.4. The van der Waals surface area contributed by atoms with Crippen LogP contribution < -0.4 is 0 Å². The summed E-state index contributed by atoms with van der Waals surface area (Å²) in [7, 11) is 0. The van der Waals surface area contributed by atoms with Crippen molar-refractivity contribution in [1.29, 1.82) is 0 Å². The predicted molar refractivity (Wildman–Crippen MR) is 113 cm³/mol. The molecule has 2 nitrogen and oxygen atoms in total. The Hall–Kier alpha value is -0.530. The molecule has 0 aromatic carbocycles. The Kier molecular flexibility index (Phi) is 7.24. The summed E-state index contributed by atoms with van der Waals surface area (Å²) in [5.41, 5.74) is 1.92. The summed E-state index contributed by atoms with van der Waals surface area (Å²) >= 11 is 0. The van der Waals surface area contributed by atoms with E-state index in [9.17, 15) is 5.21 Å². The standard InChI is InChI=1S/C22H39NO.C2H6/c1-6-13-21(4)16(7-2)8-9-17-19-11-10-18(15(3)23-24)22(19,5)14-12-20(17)21;1-2/h16-20,24H,6-14H2,1-5H3;1-2H3/b23-15+;. The molecule has 0 spiro atoms. The molecule has 0 aliphatic heterocycles. The third kappa shape index (κ3) is 3.35. The minimum Gasteiger partial charge on any atom is -0.411 e. The molecule has 2 heteroatoms. The van der Waals surface area contributed by atoms with E-state index in [1.165, 1.54) is 57.8 Å². The van der Waals surface area contributed by atoms with E-state index in [-0.39, 0.29) is 0 Å². The quantitative estimate of drug-likeness (QED) is 0.312. The summed E-state index contributed by atoms with van der Waals surface area (Å²) in [5, 5.41) is 13.0. The lowest BCUT2D eigenvalue weighted by molar-refractivity contribution is -0.0957. The average molecular weight is 364 g/mol. The fourth-order valence-corrected chi connectivity index (χ4v) is 7.89. The molecule has 3 aliphatic rings. The summed E-state index contributed by atoms with van der Waals surface area (Å²) in [5.74, 6) is 4.14. The van der Waals surface area contributed by atoms with Crippen molar-refractivity contribution in [3.63, 3.8) is 0 Å². The smallest absolute Gasteiger partial charge is 0.0576 e. The number of fused-ring (bicyclic) bond motifs is 3. The molecule has 0 amide bonds. The summed E-state index contributed by atoms with van der Waals surface area (Å²) < 4.78 is 0. The van der Waals surface area contributed by atoms with Crippen molar-refractivity contribution in [3.05, 3.63) is 0 Å². The highest BCUT2D eigenvalue weighted by Gasteiger charge is 2.59. The molecule has 0 heterocycles. The van der Waals surface area contributed by atoms with Crippen LogP contribution in [0, 0.1) is 40.4 Å². The molecule has 26 heavy (non-hydrogen) atoms. The maximum absolute atomic E-state index is 9.34. The zero-order valence-electron chi connectivity index (χ0n) is 18.6. The minimum absolute atomic E-state index is 0.379. The Morgan fingerprint density at radius 2 is 1.69 bits per heavy atom. The van der Waals surface area contributed by atoms with Crippen molar-refractivity contribution in [2.24, 2.45) is 45.6 Å². The molecule has 1 N–H and O–H groups in total. The lowest BCUT2D eigenvalue weighted by atomic mass is 9.46. The highest BCUT2D eigenvalue weighted by molar-refractivity contribution is 5.84. The third-order valence-corrected chi connectivity index (χ3v) is 9.01. The van der Waals surface area contributed by atoms with Gasteiger partial charge in [0.1, 0.15) is 0 Å². The van der Waals surface area contributed by atoms with Crippen molar-refractivity contribution < 1.29 is 5.21 Å². The number of rotatable bonds is 4. The Balaban J connectivity index is 0.00000117. The van der Waals surface area contributed by atoms with Gasteiger partial charge in [-0.3, -0.25) is 0 Å². The Labute approximate surface area is 163 Å². The second-order valence-electron chi connectivity index (χ2n) is 9.73. The largest absolute Gasteiger partial charge is 0.411 e. The second-order valence-corrected chi connectivity index (χ2v) is 9.73. The van der Waals surface area contributed by atoms with Crippen LogP contribution in [-0.2, 0) is 0 Å². The molecular weight excluding hydrogens is 318 g/mol. The van der Waals surface area contributed by atoms with E-state index in [4.69, 9.17) is 0 Å². The summed E-state index contributed by atoms with van der Waals surface area (Å²) in [6, 6.07) is 0. The molecule has 7 unspecified atom stereocenters. The van der Waals surface area contributed by atoms with Gasteiger partial charge in [-0.1, -0.05) is 59.5 Å². The molecule has 0 bridgehead atoms. The first-order valence-electron chi connectivity index (χ1n) is 11.6. The monoisotopic (exact) mass is 363 g/mol. The number of hydrogen-bond donors (Lipinski definition) is 1.